The number of nitrogens with zero attached hydrogens (tertiary/aromatic N) is 1. The van der Waals surface area contributed by atoms with Crippen LogP contribution >= 0.6 is 11.6 Å². The van der Waals surface area contributed by atoms with Crippen molar-refractivity contribution in [3.63, 3.8) is 0 Å². The Labute approximate surface area is 214 Å². The average molecular weight is 501 g/mol. The van der Waals surface area contributed by atoms with Gasteiger partial charge in [0.1, 0.15) is 6.61 Å². The zero-order valence-electron chi connectivity index (χ0n) is 19.6. The van der Waals surface area contributed by atoms with Crippen molar-refractivity contribution in [2.24, 2.45) is 5.10 Å². The van der Waals surface area contributed by atoms with Crippen LogP contribution in [0.4, 0.5) is 0 Å². The monoisotopic (exact) mass is 500 g/mol. The highest BCUT2D eigenvalue weighted by Crippen LogP contribution is 2.30. The number of amides is 1. The topological polar surface area (TPSA) is 80.2 Å². The Balaban J connectivity index is 1.48. The van der Waals surface area contributed by atoms with E-state index < -0.39 is 11.5 Å². The summed E-state index contributed by atoms with van der Waals surface area (Å²) in [6.45, 7) is 0.331. The Morgan fingerprint density at radius 2 is 1.58 bits per heavy atom. The van der Waals surface area contributed by atoms with Gasteiger partial charge in [0.25, 0.3) is 5.91 Å². The van der Waals surface area contributed by atoms with E-state index in [0.717, 1.165) is 5.56 Å². The number of carbonyl (C=O) groups excluding carboxylic acids is 1. The Hall–Kier alpha value is -4.13. The van der Waals surface area contributed by atoms with Gasteiger partial charge < -0.3 is 14.6 Å². The van der Waals surface area contributed by atoms with E-state index in [1.165, 1.54) is 6.21 Å². The minimum absolute atomic E-state index is 0.331. The number of hydrogen-bond donors (Lipinski definition) is 2. The van der Waals surface area contributed by atoms with Crippen molar-refractivity contribution >= 4 is 23.7 Å². The predicted octanol–water partition coefficient (Wildman–Crippen LogP) is 5.31. The molecule has 0 aromatic heterocycles. The number of carbonyl (C=O) groups is 1. The predicted molar refractivity (Wildman–Crippen MR) is 140 cm³/mol. The molecule has 6 nitrogen and oxygen atoms in total. The molecule has 0 unspecified atom stereocenters. The summed E-state index contributed by atoms with van der Waals surface area (Å²) in [5.74, 6) is 0.392. The summed E-state index contributed by atoms with van der Waals surface area (Å²) >= 11 is 6.03. The van der Waals surface area contributed by atoms with E-state index in [1.807, 2.05) is 30.3 Å². The standard InChI is InChI=1S/C29H25ClN2O4/c1-35-27-18-21(15-16-26(27)36-20-22-9-8-14-25(30)17-22)19-31-32-28(33)29(34,23-10-4-2-5-11-23)24-12-6-3-7-13-24/h2-19,34H,20H2,1H3,(H,32,33)/b31-19-. The van der Waals surface area contributed by atoms with E-state index in [9.17, 15) is 9.90 Å². The molecular weight excluding hydrogens is 476 g/mol. The summed E-state index contributed by atoms with van der Waals surface area (Å²) in [6.07, 6.45) is 1.47. The maximum atomic E-state index is 13.1. The van der Waals surface area contributed by atoms with Crippen LogP contribution in [0.15, 0.2) is 108 Å². The first kappa shape index (κ1) is 25.0. The van der Waals surface area contributed by atoms with Crippen molar-refractivity contribution in [1.82, 2.24) is 5.43 Å². The summed E-state index contributed by atoms with van der Waals surface area (Å²) in [5, 5.41) is 16.2. The zero-order chi connectivity index (χ0) is 25.4. The van der Waals surface area contributed by atoms with Crippen LogP contribution in [0.25, 0.3) is 0 Å². The number of hydrazone groups is 1. The maximum Gasteiger partial charge on any atom is 0.281 e. The highest BCUT2D eigenvalue weighted by atomic mass is 35.5. The summed E-state index contributed by atoms with van der Waals surface area (Å²) in [7, 11) is 1.55. The molecule has 0 aliphatic rings. The van der Waals surface area contributed by atoms with Crippen molar-refractivity contribution in [3.05, 3.63) is 130 Å². The van der Waals surface area contributed by atoms with Crippen LogP contribution in [0.2, 0.25) is 5.02 Å². The van der Waals surface area contributed by atoms with Crippen molar-refractivity contribution in [1.29, 1.82) is 0 Å². The van der Waals surface area contributed by atoms with Gasteiger partial charge in [0.15, 0.2) is 17.1 Å². The second kappa shape index (κ2) is 11.5. The fourth-order valence-electron chi connectivity index (χ4n) is 3.71. The molecule has 0 fully saturated rings. The van der Waals surface area contributed by atoms with Gasteiger partial charge in [-0.25, -0.2) is 5.43 Å². The van der Waals surface area contributed by atoms with Crippen LogP contribution < -0.4 is 14.9 Å². The van der Waals surface area contributed by atoms with E-state index in [-0.39, 0.29) is 0 Å². The second-order valence-electron chi connectivity index (χ2n) is 7.97. The van der Waals surface area contributed by atoms with E-state index in [1.54, 1.807) is 79.9 Å². The molecular formula is C29H25ClN2O4. The van der Waals surface area contributed by atoms with Crippen molar-refractivity contribution in [3.8, 4) is 11.5 Å². The minimum Gasteiger partial charge on any atom is -0.493 e. The molecule has 0 heterocycles. The minimum atomic E-state index is -1.91. The fourth-order valence-corrected chi connectivity index (χ4v) is 3.92. The maximum absolute atomic E-state index is 13.1. The molecule has 0 radical (unpaired) electrons. The molecule has 182 valence electrons. The van der Waals surface area contributed by atoms with Gasteiger partial charge in [0.2, 0.25) is 0 Å². The van der Waals surface area contributed by atoms with Gasteiger partial charge >= 0.3 is 0 Å². The smallest absolute Gasteiger partial charge is 0.281 e. The quantitative estimate of drug-likeness (QED) is 0.241. The number of nitrogens with one attached hydrogen (secondary N) is 1. The van der Waals surface area contributed by atoms with Crippen molar-refractivity contribution in [2.75, 3.05) is 7.11 Å². The Morgan fingerprint density at radius 1 is 0.917 bits per heavy atom. The van der Waals surface area contributed by atoms with Crippen LogP contribution in [0, 0.1) is 0 Å². The van der Waals surface area contributed by atoms with Gasteiger partial charge in [0.05, 0.1) is 13.3 Å². The van der Waals surface area contributed by atoms with E-state index >= 15 is 0 Å². The molecule has 0 aliphatic heterocycles. The van der Waals surface area contributed by atoms with Gasteiger partial charge in [-0.05, 0) is 52.6 Å². The van der Waals surface area contributed by atoms with Crippen LogP contribution in [0.3, 0.4) is 0 Å². The van der Waals surface area contributed by atoms with Gasteiger partial charge in [-0.15, -0.1) is 0 Å². The molecule has 4 aromatic carbocycles. The molecule has 0 saturated carbocycles. The highest BCUT2D eigenvalue weighted by molar-refractivity contribution is 6.30. The summed E-state index contributed by atoms with van der Waals surface area (Å²) < 4.78 is 11.3. The number of benzene rings is 4. The van der Waals surface area contributed by atoms with E-state index in [4.69, 9.17) is 21.1 Å². The summed E-state index contributed by atoms with van der Waals surface area (Å²) in [6, 6.07) is 30.2. The molecule has 7 heteroatoms. The number of ether oxygens (including phenoxy) is 2. The molecule has 0 atom stereocenters. The lowest BCUT2D eigenvalue weighted by Crippen LogP contribution is -2.43. The van der Waals surface area contributed by atoms with Crippen LogP contribution in [0.1, 0.15) is 22.3 Å². The fraction of sp³-hybridized carbons (Fsp3) is 0.103. The first-order valence-corrected chi connectivity index (χ1v) is 11.6. The molecule has 1 amide bonds. The Bertz CT molecular complexity index is 1300. The van der Waals surface area contributed by atoms with Crippen LogP contribution in [-0.4, -0.2) is 24.3 Å². The van der Waals surface area contributed by atoms with Gasteiger partial charge in [-0.2, -0.15) is 5.10 Å². The van der Waals surface area contributed by atoms with Gasteiger partial charge in [0, 0.05) is 5.02 Å². The van der Waals surface area contributed by atoms with E-state index in [2.05, 4.69) is 10.5 Å². The molecule has 36 heavy (non-hydrogen) atoms. The lowest BCUT2D eigenvalue weighted by atomic mass is 9.85. The second-order valence-corrected chi connectivity index (χ2v) is 8.41. The Kier molecular flexibility index (Phi) is 8.00. The number of halogens is 1. The number of rotatable bonds is 9. The van der Waals surface area contributed by atoms with Crippen LogP contribution in [0.5, 0.6) is 11.5 Å². The molecule has 0 bridgehead atoms. The van der Waals surface area contributed by atoms with Crippen LogP contribution in [-0.2, 0) is 17.0 Å². The highest BCUT2D eigenvalue weighted by Gasteiger charge is 2.39. The first-order chi connectivity index (χ1) is 17.5. The molecule has 2 N–H and O–H groups in total. The van der Waals surface area contributed by atoms with Gasteiger partial charge in [-0.3, -0.25) is 4.79 Å². The number of hydrogen-bond acceptors (Lipinski definition) is 5. The lowest BCUT2D eigenvalue weighted by Gasteiger charge is -2.27. The normalized spacial score (nSPS) is 11.3. The summed E-state index contributed by atoms with van der Waals surface area (Å²) in [4.78, 5) is 13.1. The van der Waals surface area contributed by atoms with E-state index in [0.29, 0.717) is 39.8 Å². The lowest BCUT2D eigenvalue weighted by molar-refractivity contribution is -0.136. The zero-order valence-corrected chi connectivity index (χ0v) is 20.4. The third-order valence-corrected chi connectivity index (χ3v) is 5.80. The number of methoxy groups -OCH3 is 1. The third kappa shape index (κ3) is 5.74. The van der Waals surface area contributed by atoms with Gasteiger partial charge in [-0.1, -0.05) is 84.4 Å². The van der Waals surface area contributed by atoms with Crippen molar-refractivity contribution < 1.29 is 19.4 Å². The molecule has 4 rings (SSSR count). The molecule has 0 spiro atoms. The number of aliphatic hydroxyl groups is 1. The molecule has 4 aromatic rings. The summed E-state index contributed by atoms with van der Waals surface area (Å²) in [5.41, 5.74) is 3.04. The SMILES string of the molecule is COc1cc(/C=N\NC(=O)C(O)(c2ccccc2)c2ccccc2)ccc1OCc1cccc(Cl)c1. The average Bonchev–Trinajstić information content (AvgIpc) is 2.92. The molecule has 0 aliphatic carbocycles. The third-order valence-electron chi connectivity index (χ3n) is 5.56. The largest absolute Gasteiger partial charge is 0.493 e. The molecule has 0 saturated heterocycles. The van der Waals surface area contributed by atoms with Crippen molar-refractivity contribution in [2.45, 2.75) is 12.2 Å². The first-order valence-electron chi connectivity index (χ1n) is 11.2. The Morgan fingerprint density at radius 3 is 2.19 bits per heavy atom.